The van der Waals surface area contributed by atoms with Gasteiger partial charge in [-0.1, -0.05) is 72.4 Å². The van der Waals surface area contributed by atoms with E-state index in [-0.39, 0.29) is 6.10 Å². The lowest BCUT2D eigenvalue weighted by molar-refractivity contribution is -0.463. The Morgan fingerprint density at radius 3 is 1.85 bits per heavy atom. The summed E-state index contributed by atoms with van der Waals surface area (Å²) >= 11 is 0. The van der Waals surface area contributed by atoms with Gasteiger partial charge in [0, 0.05) is 6.42 Å². The smallest absolute Gasteiger partial charge is 0.238 e. The number of hydrogen-bond acceptors (Lipinski definition) is 5. The second kappa shape index (κ2) is 12.8. The zero-order valence-electron chi connectivity index (χ0n) is 22.0. The fraction of sp³-hybridized carbons (Fsp3) is 0.692. The molecule has 0 bridgehead atoms. The molecule has 0 aromatic heterocycles. The molecule has 7 heteroatoms. The van der Waals surface area contributed by atoms with Gasteiger partial charge in [-0.3, -0.25) is 9.15 Å². The Kier molecular flexibility index (Phi) is 11.0. The molecule has 33 heavy (non-hydrogen) atoms. The normalized spacial score (nSPS) is 17.3. The van der Waals surface area contributed by atoms with E-state index in [1.54, 1.807) is 0 Å². The van der Waals surface area contributed by atoms with Crippen molar-refractivity contribution in [2.45, 2.75) is 116 Å². The molecule has 5 nitrogen and oxygen atoms in total. The molecular formula is C26H46O5Si2. The molecule has 1 heterocycles. The van der Waals surface area contributed by atoms with Crippen molar-refractivity contribution in [3.05, 3.63) is 42.0 Å². The van der Waals surface area contributed by atoms with Crippen LogP contribution >= 0.6 is 0 Å². The monoisotopic (exact) mass is 494 g/mol. The van der Waals surface area contributed by atoms with E-state index in [1.807, 2.05) is 13.0 Å². The Balaban J connectivity index is 2.15. The molecule has 1 unspecified atom stereocenters. The minimum absolute atomic E-state index is 0.0810. The van der Waals surface area contributed by atoms with Crippen molar-refractivity contribution in [3.63, 3.8) is 0 Å². The van der Waals surface area contributed by atoms with E-state index in [1.165, 1.54) is 11.1 Å². The van der Waals surface area contributed by atoms with Crippen molar-refractivity contribution in [1.82, 2.24) is 0 Å². The Morgan fingerprint density at radius 1 is 0.879 bits per heavy atom. The lowest BCUT2D eigenvalue weighted by Gasteiger charge is -2.37. The first-order valence-corrected chi connectivity index (χ1v) is 17.9. The van der Waals surface area contributed by atoms with Crippen LogP contribution < -0.4 is 0 Å². The van der Waals surface area contributed by atoms with Crippen LogP contribution in [0.3, 0.4) is 0 Å². The van der Waals surface area contributed by atoms with Crippen LogP contribution in [0.15, 0.2) is 30.8 Å². The van der Waals surface area contributed by atoms with Crippen LogP contribution in [0.4, 0.5) is 0 Å². The SMILES string of the molecule is C=C1c2ccccc2COC1CCC(C)(OO[Si](CC)(CC)CC)OO[Si](CC)(CC)CC. The van der Waals surface area contributed by atoms with Gasteiger partial charge in [0.25, 0.3) is 0 Å². The van der Waals surface area contributed by atoms with E-state index in [4.69, 9.17) is 23.7 Å². The molecular weight excluding hydrogens is 448 g/mol. The van der Waals surface area contributed by atoms with E-state index in [2.05, 4.69) is 66.3 Å². The molecule has 1 aromatic carbocycles. The quantitative estimate of drug-likeness (QED) is 0.107. The maximum atomic E-state index is 6.22. The van der Waals surface area contributed by atoms with Crippen molar-refractivity contribution in [2.24, 2.45) is 0 Å². The molecule has 0 saturated carbocycles. The molecule has 0 aliphatic carbocycles. The van der Waals surface area contributed by atoms with Crippen LogP contribution in [0.5, 0.6) is 0 Å². The second-order valence-corrected chi connectivity index (χ2v) is 18.8. The molecule has 1 aromatic rings. The standard InChI is InChI=1S/C26H46O5Si2/c1-9-32(10-2,11-3)30-28-26(8,29-31-33(12-4,13-5)14-6)20-19-25-22(7)24-18-16-15-17-23(24)21-27-25/h15-18,25H,7,9-14,19-21H2,1-6,8H3. The first-order valence-electron chi connectivity index (χ1n) is 12.9. The third-order valence-electron chi connectivity index (χ3n) is 7.71. The molecule has 0 amide bonds. The summed E-state index contributed by atoms with van der Waals surface area (Å²) in [6.45, 7) is 20.0. The largest absolute Gasteiger partial charge is 0.369 e. The van der Waals surface area contributed by atoms with Crippen LogP contribution in [0.25, 0.3) is 5.57 Å². The molecule has 0 spiro atoms. The summed E-state index contributed by atoms with van der Waals surface area (Å²) in [5.74, 6) is -1.00. The van der Waals surface area contributed by atoms with Gasteiger partial charge in [-0.05, 0) is 66.3 Å². The Labute approximate surface area is 203 Å². The number of hydrogen-bond donors (Lipinski definition) is 0. The van der Waals surface area contributed by atoms with E-state index >= 15 is 0 Å². The van der Waals surface area contributed by atoms with Crippen LogP contribution in [-0.4, -0.2) is 28.5 Å². The van der Waals surface area contributed by atoms with E-state index in [9.17, 15) is 0 Å². The van der Waals surface area contributed by atoms with E-state index < -0.39 is 22.4 Å². The summed E-state index contributed by atoms with van der Waals surface area (Å²) in [6, 6.07) is 14.4. The molecule has 0 N–H and O–H groups in total. The van der Waals surface area contributed by atoms with Gasteiger partial charge in [-0.2, -0.15) is 0 Å². The predicted octanol–water partition coefficient (Wildman–Crippen LogP) is 8.00. The van der Waals surface area contributed by atoms with Crippen molar-refractivity contribution in [3.8, 4) is 0 Å². The molecule has 188 valence electrons. The van der Waals surface area contributed by atoms with Crippen molar-refractivity contribution in [1.29, 1.82) is 0 Å². The summed E-state index contributed by atoms with van der Waals surface area (Å²) in [5, 5.41) is 0. The summed E-state index contributed by atoms with van der Waals surface area (Å²) in [7, 11) is -3.90. The number of benzene rings is 1. The van der Waals surface area contributed by atoms with Gasteiger partial charge in [-0.25, -0.2) is 9.78 Å². The first kappa shape index (κ1) is 28.4. The highest BCUT2D eigenvalue weighted by molar-refractivity contribution is 6.73. The van der Waals surface area contributed by atoms with Crippen molar-refractivity contribution in [2.75, 3.05) is 0 Å². The zero-order valence-corrected chi connectivity index (χ0v) is 24.0. The second-order valence-electron chi connectivity index (χ2n) is 9.48. The highest BCUT2D eigenvalue weighted by Gasteiger charge is 2.40. The Morgan fingerprint density at radius 2 is 1.36 bits per heavy atom. The van der Waals surface area contributed by atoms with Crippen LogP contribution in [0.2, 0.25) is 36.3 Å². The average molecular weight is 495 g/mol. The minimum atomic E-state index is -1.95. The van der Waals surface area contributed by atoms with Gasteiger partial charge < -0.3 is 4.74 Å². The first-order chi connectivity index (χ1) is 15.8. The van der Waals surface area contributed by atoms with E-state index in [0.717, 1.165) is 41.8 Å². The molecule has 1 atom stereocenters. The number of rotatable bonds is 15. The highest BCUT2D eigenvalue weighted by atomic mass is 28.4. The fourth-order valence-electron chi connectivity index (χ4n) is 4.38. The topological polar surface area (TPSA) is 46.2 Å². The summed E-state index contributed by atoms with van der Waals surface area (Å²) < 4.78 is 18.6. The number of fused-ring (bicyclic) bond motifs is 1. The molecule has 1 aliphatic heterocycles. The molecule has 0 fully saturated rings. The van der Waals surface area contributed by atoms with Gasteiger partial charge >= 0.3 is 0 Å². The Hall–Kier alpha value is -0.806. The highest BCUT2D eigenvalue weighted by Crippen LogP contribution is 2.35. The molecule has 2 rings (SSSR count). The summed E-state index contributed by atoms with van der Waals surface area (Å²) in [4.78, 5) is 12.3. The Bertz CT molecular complexity index is 705. The van der Waals surface area contributed by atoms with Crippen LogP contribution in [0.1, 0.15) is 72.4 Å². The lowest BCUT2D eigenvalue weighted by atomic mass is 9.91. The van der Waals surface area contributed by atoms with Gasteiger partial charge in [0.05, 0.1) is 12.7 Å². The number of ether oxygens (including phenoxy) is 1. The van der Waals surface area contributed by atoms with E-state index in [0.29, 0.717) is 19.4 Å². The fourth-order valence-corrected chi connectivity index (χ4v) is 8.79. The lowest BCUT2D eigenvalue weighted by Crippen LogP contribution is -2.45. The van der Waals surface area contributed by atoms with Crippen LogP contribution in [0, 0.1) is 0 Å². The molecule has 0 saturated heterocycles. The molecule has 0 radical (unpaired) electrons. The average Bonchev–Trinajstić information content (AvgIpc) is 2.86. The maximum Gasteiger partial charge on any atom is 0.238 e. The third-order valence-corrected chi connectivity index (χ3v) is 16.3. The van der Waals surface area contributed by atoms with Gasteiger partial charge in [0.2, 0.25) is 22.4 Å². The van der Waals surface area contributed by atoms with Gasteiger partial charge in [-0.15, -0.1) is 0 Å². The van der Waals surface area contributed by atoms with Gasteiger partial charge in [0.1, 0.15) is 0 Å². The maximum absolute atomic E-state index is 6.22. The summed E-state index contributed by atoms with van der Waals surface area (Å²) in [6.07, 6.45) is 1.22. The van der Waals surface area contributed by atoms with Crippen molar-refractivity contribution < 1.29 is 23.7 Å². The summed E-state index contributed by atoms with van der Waals surface area (Å²) in [5.41, 5.74) is 3.39. The molecule has 1 aliphatic rings. The predicted molar refractivity (Wildman–Crippen MR) is 140 cm³/mol. The van der Waals surface area contributed by atoms with Crippen molar-refractivity contribution >= 4 is 22.2 Å². The van der Waals surface area contributed by atoms with Gasteiger partial charge in [0.15, 0.2) is 0 Å². The zero-order chi connectivity index (χ0) is 24.5. The third kappa shape index (κ3) is 7.10. The van der Waals surface area contributed by atoms with Crippen LogP contribution in [-0.2, 0) is 30.3 Å². The minimum Gasteiger partial charge on any atom is -0.369 e.